The first-order valence-corrected chi connectivity index (χ1v) is 14.6. The Hall–Kier alpha value is -2.92. The molecule has 2 aliphatic rings. The van der Waals surface area contributed by atoms with Gasteiger partial charge in [0.05, 0.1) is 29.9 Å². The molecule has 0 N–H and O–H groups in total. The van der Waals surface area contributed by atoms with E-state index in [4.69, 9.17) is 9.47 Å². The fraction of sp³-hybridized carbons (Fsp3) is 0.455. The molecule has 0 unspecified atom stereocenters. The molecule has 10 heteroatoms. The highest BCUT2D eigenvalue weighted by molar-refractivity contribution is 5.35. The molecular weight excluding hydrogens is 570 g/mol. The number of benzene rings is 3. The summed E-state index contributed by atoms with van der Waals surface area (Å²) >= 11 is 0. The summed E-state index contributed by atoms with van der Waals surface area (Å²) in [6.45, 7) is 5.91. The Morgan fingerprint density at radius 2 is 1.33 bits per heavy atom. The predicted octanol–water partition coefficient (Wildman–Crippen LogP) is 8.08. The van der Waals surface area contributed by atoms with Crippen LogP contribution in [-0.4, -0.2) is 55.4 Å². The van der Waals surface area contributed by atoms with Gasteiger partial charge in [0, 0.05) is 19.6 Å². The molecule has 4 nitrogen and oxygen atoms in total. The van der Waals surface area contributed by atoms with Crippen LogP contribution in [-0.2, 0) is 21.8 Å². The number of likely N-dealkylation sites (tertiary alicyclic amines) is 1. The number of ether oxygens (including phenoxy) is 2. The maximum absolute atomic E-state index is 13.5. The summed E-state index contributed by atoms with van der Waals surface area (Å²) in [5, 5.41) is 0. The summed E-state index contributed by atoms with van der Waals surface area (Å²) < 4.78 is 93.1. The van der Waals surface area contributed by atoms with Gasteiger partial charge in [-0.3, -0.25) is 4.90 Å². The molecule has 3 aromatic carbocycles. The Labute approximate surface area is 248 Å². The molecule has 0 saturated carbocycles. The lowest BCUT2D eigenvalue weighted by atomic mass is 9.89. The topological polar surface area (TPSA) is 24.9 Å². The van der Waals surface area contributed by atoms with Crippen molar-refractivity contribution in [2.75, 3.05) is 39.3 Å². The fourth-order valence-corrected chi connectivity index (χ4v) is 6.05. The predicted molar refractivity (Wildman–Crippen MR) is 151 cm³/mol. The fourth-order valence-electron chi connectivity index (χ4n) is 6.05. The Balaban J connectivity index is 1.30. The van der Waals surface area contributed by atoms with E-state index in [2.05, 4.69) is 34.1 Å². The van der Waals surface area contributed by atoms with Gasteiger partial charge in [0.2, 0.25) is 0 Å². The van der Waals surface area contributed by atoms with E-state index in [-0.39, 0.29) is 17.7 Å². The minimum absolute atomic E-state index is 0.129. The van der Waals surface area contributed by atoms with Crippen molar-refractivity contribution in [2.45, 2.75) is 56.5 Å². The van der Waals surface area contributed by atoms with Crippen LogP contribution in [0.15, 0.2) is 78.9 Å². The smallest absolute Gasteiger partial charge is 0.349 e. The monoisotopic (exact) mass is 606 g/mol. The molecule has 0 spiro atoms. The van der Waals surface area contributed by atoms with Gasteiger partial charge in [-0.15, -0.1) is 0 Å². The van der Waals surface area contributed by atoms with Gasteiger partial charge in [-0.2, -0.15) is 26.3 Å². The average molecular weight is 607 g/mol. The first kappa shape index (κ1) is 31.5. The lowest BCUT2D eigenvalue weighted by molar-refractivity contribution is -0.230. The van der Waals surface area contributed by atoms with Crippen LogP contribution in [0.25, 0.3) is 0 Å². The lowest BCUT2D eigenvalue weighted by Gasteiger charge is -2.43. The summed E-state index contributed by atoms with van der Waals surface area (Å²) in [5.41, 5.74) is -0.667. The zero-order chi connectivity index (χ0) is 30.6. The Morgan fingerprint density at radius 1 is 0.767 bits per heavy atom. The Kier molecular flexibility index (Phi) is 9.80. The molecule has 2 saturated heterocycles. The summed E-state index contributed by atoms with van der Waals surface area (Å²) in [5.74, 6) is 0.547. The van der Waals surface area contributed by atoms with Gasteiger partial charge in [-0.1, -0.05) is 60.7 Å². The van der Waals surface area contributed by atoms with Crippen molar-refractivity contribution < 1.29 is 35.8 Å². The van der Waals surface area contributed by atoms with E-state index in [1.165, 1.54) is 12.5 Å². The van der Waals surface area contributed by atoms with E-state index in [0.29, 0.717) is 19.1 Å². The van der Waals surface area contributed by atoms with Crippen LogP contribution in [0.3, 0.4) is 0 Å². The molecule has 2 fully saturated rings. The molecule has 0 aromatic heterocycles. The summed E-state index contributed by atoms with van der Waals surface area (Å²) in [4.78, 5) is 4.68. The molecule has 3 aromatic rings. The second-order valence-corrected chi connectivity index (χ2v) is 11.3. The third-order valence-corrected chi connectivity index (χ3v) is 8.43. The highest BCUT2D eigenvalue weighted by Gasteiger charge is 2.39. The molecular formula is C33H36F6N2O2. The van der Waals surface area contributed by atoms with E-state index in [9.17, 15) is 26.3 Å². The maximum atomic E-state index is 13.5. The minimum atomic E-state index is -4.93. The number of morpholine rings is 1. The zero-order valence-corrected chi connectivity index (χ0v) is 24.0. The lowest BCUT2D eigenvalue weighted by Crippen LogP contribution is -2.49. The first-order chi connectivity index (χ1) is 20.5. The quantitative estimate of drug-likeness (QED) is 0.242. The molecule has 232 valence electrons. The summed E-state index contributed by atoms with van der Waals surface area (Å²) in [6.07, 6.45) is -9.69. The van der Waals surface area contributed by atoms with E-state index in [1.807, 2.05) is 36.4 Å². The van der Waals surface area contributed by atoms with Crippen molar-refractivity contribution >= 4 is 0 Å². The van der Waals surface area contributed by atoms with Gasteiger partial charge >= 0.3 is 12.4 Å². The molecule has 3 atom stereocenters. The van der Waals surface area contributed by atoms with Crippen molar-refractivity contribution in [2.24, 2.45) is 0 Å². The van der Waals surface area contributed by atoms with Crippen LogP contribution in [0.5, 0.6) is 0 Å². The molecule has 5 rings (SSSR count). The van der Waals surface area contributed by atoms with Gasteiger partial charge in [0.25, 0.3) is 0 Å². The molecule has 0 bridgehead atoms. The second-order valence-electron chi connectivity index (χ2n) is 11.3. The third kappa shape index (κ3) is 7.98. The number of rotatable bonds is 8. The van der Waals surface area contributed by atoms with Crippen LogP contribution in [0, 0.1) is 0 Å². The standard InChI is InChI=1S/C33H36F6N2O2/c1-23(27-20-28(32(34,35)36)22-29(21-27)33(37,38)39)43-31-30(26-10-6-3-7-11-26)41(18-19-42-31)17-16-40-14-12-25(13-15-40)24-8-4-2-5-9-24/h2-11,20-23,25,30-31H,12-19H2,1H3/t23-,30+,31-/m1/s1. The maximum Gasteiger partial charge on any atom is 0.416 e. The molecule has 0 aliphatic carbocycles. The van der Waals surface area contributed by atoms with Crippen molar-refractivity contribution in [3.8, 4) is 0 Å². The number of hydrogen-bond acceptors (Lipinski definition) is 4. The minimum Gasteiger partial charge on any atom is -0.349 e. The van der Waals surface area contributed by atoms with Crippen LogP contribution >= 0.6 is 0 Å². The van der Waals surface area contributed by atoms with Crippen LogP contribution < -0.4 is 0 Å². The van der Waals surface area contributed by atoms with Crippen molar-refractivity contribution in [1.29, 1.82) is 0 Å². The Morgan fingerprint density at radius 3 is 1.88 bits per heavy atom. The average Bonchev–Trinajstić information content (AvgIpc) is 3.00. The normalized spacial score (nSPS) is 22.0. The Bertz CT molecular complexity index is 1280. The van der Waals surface area contributed by atoms with E-state index >= 15 is 0 Å². The SMILES string of the molecule is C[C@@H](O[C@H]1OCCN(CCN2CCC(c3ccccc3)CC2)[C@H]1c1ccccc1)c1cc(C(F)(F)F)cc(C(F)(F)F)c1. The van der Waals surface area contributed by atoms with Crippen LogP contribution in [0.4, 0.5) is 26.3 Å². The number of piperidine rings is 1. The second kappa shape index (κ2) is 13.4. The van der Waals surface area contributed by atoms with E-state index in [0.717, 1.165) is 56.7 Å². The van der Waals surface area contributed by atoms with Gasteiger partial charge < -0.3 is 14.4 Å². The van der Waals surface area contributed by atoms with Crippen molar-refractivity contribution in [3.63, 3.8) is 0 Å². The molecule has 0 amide bonds. The highest BCUT2D eigenvalue weighted by atomic mass is 19.4. The van der Waals surface area contributed by atoms with Gasteiger partial charge in [-0.25, -0.2) is 0 Å². The molecule has 43 heavy (non-hydrogen) atoms. The molecule has 2 aliphatic heterocycles. The number of alkyl halides is 6. The first-order valence-electron chi connectivity index (χ1n) is 14.6. The summed E-state index contributed by atoms with van der Waals surface area (Å²) in [6, 6.07) is 21.3. The third-order valence-electron chi connectivity index (χ3n) is 8.43. The van der Waals surface area contributed by atoms with Gasteiger partial charge in [-0.05, 0) is 73.7 Å². The van der Waals surface area contributed by atoms with Crippen LogP contribution in [0.2, 0.25) is 0 Å². The summed E-state index contributed by atoms with van der Waals surface area (Å²) in [7, 11) is 0. The largest absolute Gasteiger partial charge is 0.416 e. The van der Waals surface area contributed by atoms with E-state index < -0.39 is 35.9 Å². The zero-order valence-electron chi connectivity index (χ0n) is 24.0. The van der Waals surface area contributed by atoms with Crippen molar-refractivity contribution in [3.05, 3.63) is 107 Å². The number of halogens is 6. The van der Waals surface area contributed by atoms with Gasteiger partial charge in [0.15, 0.2) is 6.29 Å². The highest BCUT2D eigenvalue weighted by Crippen LogP contribution is 2.39. The molecule has 2 heterocycles. The number of hydrogen-bond donors (Lipinski definition) is 0. The molecule has 0 radical (unpaired) electrons. The van der Waals surface area contributed by atoms with Crippen LogP contribution in [0.1, 0.15) is 65.6 Å². The van der Waals surface area contributed by atoms with E-state index in [1.54, 1.807) is 0 Å². The van der Waals surface area contributed by atoms with Crippen molar-refractivity contribution in [1.82, 2.24) is 9.80 Å². The van der Waals surface area contributed by atoms with Gasteiger partial charge in [0.1, 0.15) is 0 Å². The number of nitrogens with zero attached hydrogens (tertiary/aromatic N) is 2.